The van der Waals surface area contributed by atoms with Crippen LogP contribution < -0.4 is 39.4 Å². The van der Waals surface area contributed by atoms with E-state index in [0.717, 1.165) is 55.4 Å². The van der Waals surface area contributed by atoms with Gasteiger partial charge in [0.1, 0.15) is 0 Å². The van der Waals surface area contributed by atoms with Crippen LogP contribution in [0, 0.1) is 5.92 Å². The van der Waals surface area contributed by atoms with Gasteiger partial charge in [-0.3, -0.25) is 18.7 Å². The number of aliphatic carboxylic acids is 1. The third-order valence-electron chi connectivity index (χ3n) is 11.8. The van der Waals surface area contributed by atoms with E-state index in [2.05, 4.69) is 27.7 Å². The number of Topliss-reactive ketones (excluding diaryl/α,β-unsaturated/α-hetero) is 1. The molecule has 1 aliphatic carbocycles. The van der Waals surface area contributed by atoms with E-state index in [0.29, 0.717) is 11.1 Å². The van der Waals surface area contributed by atoms with Crippen molar-refractivity contribution in [2.45, 2.75) is 64.2 Å². The van der Waals surface area contributed by atoms with Crippen molar-refractivity contribution in [3.05, 3.63) is 131 Å². The second kappa shape index (κ2) is 16.8. The molecular weight excluding hydrogens is 800 g/mol. The molecule has 304 valence electrons. The van der Waals surface area contributed by atoms with Gasteiger partial charge < -0.3 is 14.9 Å². The normalized spacial score (nSPS) is 21.5. The van der Waals surface area contributed by atoms with Gasteiger partial charge in [0.25, 0.3) is 20.2 Å². The average Bonchev–Trinajstić information content (AvgIpc) is 3.51. The van der Waals surface area contributed by atoms with Crippen LogP contribution in [0.25, 0.3) is 21.5 Å². The molecule has 1 fully saturated rings. The zero-order valence-corrected chi connectivity index (χ0v) is 37.6. The summed E-state index contributed by atoms with van der Waals surface area (Å²) >= 11 is 0. The number of nitrogens with zero attached hydrogens (tertiary/aromatic N) is 2. The Kier molecular flexibility index (Phi) is 12.6. The van der Waals surface area contributed by atoms with E-state index in [1.807, 2.05) is 94.7 Å². The van der Waals surface area contributed by atoms with Crippen LogP contribution in [0.4, 0.5) is 11.4 Å². The van der Waals surface area contributed by atoms with Crippen molar-refractivity contribution in [2.75, 3.05) is 34.4 Å². The second-order valence-corrected chi connectivity index (χ2v) is 19.6. The van der Waals surface area contributed by atoms with Crippen LogP contribution in [-0.4, -0.2) is 67.4 Å². The van der Waals surface area contributed by atoms with Gasteiger partial charge in [-0.25, -0.2) is 0 Å². The number of carboxylic acids is 1. The first-order valence-electron chi connectivity index (χ1n) is 19.4. The molecule has 3 aliphatic rings. The summed E-state index contributed by atoms with van der Waals surface area (Å²) in [6.07, 6.45) is 7.43. The van der Waals surface area contributed by atoms with Crippen molar-refractivity contribution < 1.29 is 70.2 Å². The molecule has 3 N–H and O–H groups in total. The summed E-state index contributed by atoms with van der Waals surface area (Å²) in [5.41, 5.74) is 4.95. The van der Waals surface area contributed by atoms with Crippen LogP contribution in [-0.2, 0) is 40.7 Å². The Morgan fingerprint density at radius 1 is 0.661 bits per heavy atom. The summed E-state index contributed by atoms with van der Waals surface area (Å²) in [6.45, 7) is 8.83. The summed E-state index contributed by atoms with van der Waals surface area (Å²) in [7, 11) is -8.39. The number of hydrogen-bond donors (Lipinski definition) is 3. The third kappa shape index (κ3) is 8.88. The summed E-state index contributed by atoms with van der Waals surface area (Å²) < 4.78 is 65.8. The van der Waals surface area contributed by atoms with Crippen molar-refractivity contribution in [1.29, 1.82) is 0 Å². The molecule has 1 atom stereocenters. The van der Waals surface area contributed by atoms with Gasteiger partial charge in [0.05, 0.1) is 17.4 Å². The molecule has 7 rings (SSSR count). The predicted octanol–water partition coefficient (Wildman–Crippen LogP) is 5.13. The zero-order valence-electron chi connectivity index (χ0n) is 34.0. The van der Waals surface area contributed by atoms with Gasteiger partial charge >= 0.3 is 35.5 Å². The molecule has 1 unspecified atom stereocenters. The van der Waals surface area contributed by atoms with Crippen molar-refractivity contribution in [1.82, 2.24) is 0 Å². The Hall–Kier alpha value is -4.08. The number of benzene rings is 4. The zero-order chi connectivity index (χ0) is 41.8. The van der Waals surface area contributed by atoms with E-state index >= 15 is 0 Å². The minimum Gasteiger partial charge on any atom is -0.481 e. The van der Waals surface area contributed by atoms with Crippen LogP contribution in [0.2, 0.25) is 0 Å². The monoisotopic (exact) mass is 847 g/mol. The topological polar surface area (TPSA) is 170 Å². The number of carbonyl (C=O) groups excluding carboxylic acids is 1. The molecule has 0 bridgehead atoms. The molecule has 0 saturated heterocycles. The largest absolute Gasteiger partial charge is 1.00 e. The van der Waals surface area contributed by atoms with Crippen LogP contribution in [0.15, 0.2) is 120 Å². The first-order valence-corrected chi connectivity index (χ1v) is 22.6. The van der Waals surface area contributed by atoms with E-state index in [4.69, 9.17) is 0 Å². The molecule has 4 aromatic carbocycles. The fraction of sp³-hybridized carbons (Fsp3) is 0.333. The predicted molar refractivity (Wildman–Crippen MR) is 228 cm³/mol. The standard InChI is InChI=1S/C45H48N2O9S2.Na/c1-44(2)38(46(23-9-25-57(51,52)53)36-19-15-29-11-5-7-13-34(29)40(36)44)21-17-31-27-33(43(49)50)28-32(42(31)48)18-22-39-45(3,4)41-35-14-8-6-12-30(35)16-20-37(41)47(39)24-10-26-58(54,55)56;/h5-8,11-22,33H,9-10,23-28H2,1-4H3,(H,49,50)(H,51,52,53)(H,54,55,56);/q;+1/b31-17+,32-18?,38-21+,39-22?;. The number of ketones is 1. The molecule has 2 heterocycles. The molecule has 14 heteroatoms. The van der Waals surface area contributed by atoms with E-state index < -0.39 is 54.5 Å². The van der Waals surface area contributed by atoms with Gasteiger partial charge in [0.2, 0.25) is 0 Å². The molecule has 0 radical (unpaired) electrons. The van der Waals surface area contributed by atoms with Crippen LogP contribution in [0.1, 0.15) is 64.5 Å². The van der Waals surface area contributed by atoms with Crippen LogP contribution >= 0.6 is 0 Å². The Morgan fingerprint density at radius 2 is 1.05 bits per heavy atom. The fourth-order valence-corrected chi connectivity index (χ4v) is 10.2. The van der Waals surface area contributed by atoms with Gasteiger partial charge in [-0.2, -0.15) is 16.8 Å². The van der Waals surface area contributed by atoms with Gasteiger partial charge in [-0.05, 0) is 82.6 Å². The van der Waals surface area contributed by atoms with Gasteiger partial charge in [-0.15, -0.1) is 0 Å². The molecule has 0 spiro atoms. The molecule has 0 aromatic heterocycles. The Labute approximate surface area is 368 Å². The number of anilines is 2. The number of carboxylic acid groups (broad SMARTS) is 1. The fourth-order valence-electron chi connectivity index (χ4n) is 9.18. The molecule has 59 heavy (non-hydrogen) atoms. The first kappa shape index (κ1) is 44.5. The Morgan fingerprint density at radius 3 is 1.42 bits per heavy atom. The minimum absolute atomic E-state index is 0. The average molecular weight is 848 g/mol. The molecule has 4 aromatic rings. The summed E-state index contributed by atoms with van der Waals surface area (Å²) in [4.78, 5) is 31.0. The molecule has 0 amide bonds. The number of hydrogen-bond acceptors (Lipinski definition) is 8. The SMILES string of the molecule is CC1(C)C(=CC=C2CC(C(=O)O)C/C(=C\C=C3\N(CCCS(=O)(=O)O)c4ccc5ccccc5c4C3(C)C)C2=O)N(CCCS(=O)(=O)O)c2ccc3ccccc3c21.[Na+]. The van der Waals surface area contributed by atoms with E-state index in [9.17, 15) is 40.6 Å². The Bertz CT molecular complexity index is 2540. The number of carbonyl (C=O) groups is 2. The molecular formula is C45H48N2NaO9S2+. The van der Waals surface area contributed by atoms with Crippen molar-refractivity contribution in [3.8, 4) is 0 Å². The van der Waals surface area contributed by atoms with Gasteiger partial charge in [0.15, 0.2) is 5.78 Å². The Balaban J connectivity index is 0.00000585. The van der Waals surface area contributed by atoms with Crippen LogP contribution in [0.5, 0.6) is 0 Å². The first-order chi connectivity index (χ1) is 27.3. The quantitative estimate of drug-likeness (QED) is 0.104. The van der Waals surface area contributed by atoms with E-state index in [-0.39, 0.29) is 74.1 Å². The van der Waals surface area contributed by atoms with Crippen molar-refractivity contribution >= 4 is 64.9 Å². The molecule has 2 aliphatic heterocycles. The number of rotatable bonds is 11. The van der Waals surface area contributed by atoms with Crippen molar-refractivity contribution in [2.24, 2.45) is 5.92 Å². The van der Waals surface area contributed by atoms with E-state index in [1.54, 1.807) is 12.2 Å². The summed E-state index contributed by atoms with van der Waals surface area (Å²) in [6, 6.07) is 24.0. The third-order valence-corrected chi connectivity index (χ3v) is 13.4. The van der Waals surface area contributed by atoms with E-state index in [1.165, 1.54) is 0 Å². The maximum absolute atomic E-state index is 14.3. The van der Waals surface area contributed by atoms with Crippen molar-refractivity contribution in [3.63, 3.8) is 0 Å². The second-order valence-electron chi connectivity index (χ2n) is 16.5. The van der Waals surface area contributed by atoms with Gasteiger partial charge in [0, 0.05) is 57.8 Å². The molecule has 1 saturated carbocycles. The summed E-state index contributed by atoms with van der Waals surface area (Å²) in [5, 5.41) is 14.4. The number of allylic oxidation sites excluding steroid dienone is 8. The maximum Gasteiger partial charge on any atom is 1.00 e. The van der Waals surface area contributed by atoms with Crippen LogP contribution in [0.3, 0.4) is 0 Å². The minimum atomic E-state index is -4.20. The smallest absolute Gasteiger partial charge is 0.481 e. The van der Waals surface area contributed by atoms with Gasteiger partial charge in [-0.1, -0.05) is 101 Å². The number of fused-ring (bicyclic) bond motifs is 6. The summed E-state index contributed by atoms with van der Waals surface area (Å²) in [5.74, 6) is -3.00. The molecule has 11 nitrogen and oxygen atoms in total. The maximum atomic E-state index is 14.3.